The molecule has 0 saturated heterocycles. The molecule has 1 nitrogen and oxygen atoms in total. The van der Waals surface area contributed by atoms with Crippen LogP contribution in [0.4, 0.5) is 17.6 Å². The van der Waals surface area contributed by atoms with Crippen LogP contribution in [0, 0.1) is 41.0 Å². The second-order valence-corrected chi connectivity index (χ2v) is 8.05. The van der Waals surface area contributed by atoms with Gasteiger partial charge in [0, 0.05) is 11.1 Å². The average molecular weight is 404 g/mol. The first-order valence-corrected chi connectivity index (χ1v) is 10.1. The normalized spacial score (nSPS) is 26.3. The largest absolute Gasteiger partial charge is 0.494 e. The quantitative estimate of drug-likeness (QED) is 0.393. The molecule has 0 heterocycles. The minimum absolute atomic E-state index is 0.0312. The van der Waals surface area contributed by atoms with Crippen LogP contribution in [0.1, 0.15) is 44.1 Å². The fourth-order valence-corrected chi connectivity index (χ4v) is 5.47. The number of halogens is 4. The zero-order valence-electron chi connectivity index (χ0n) is 16.5. The highest BCUT2D eigenvalue weighted by Crippen LogP contribution is 2.55. The summed E-state index contributed by atoms with van der Waals surface area (Å²) in [7, 11) is 1.21. The summed E-state index contributed by atoms with van der Waals surface area (Å²) in [5.41, 5.74) is -0.239. The van der Waals surface area contributed by atoms with Crippen LogP contribution in [0.15, 0.2) is 36.4 Å². The molecule has 5 heteroatoms. The van der Waals surface area contributed by atoms with Crippen molar-refractivity contribution in [1.29, 1.82) is 0 Å². The number of ether oxygens (including phenoxy) is 1. The van der Waals surface area contributed by atoms with Gasteiger partial charge in [-0.15, -0.1) is 0 Å². The number of rotatable bonds is 4. The molecule has 29 heavy (non-hydrogen) atoms. The van der Waals surface area contributed by atoms with Gasteiger partial charge in [-0.3, -0.25) is 0 Å². The highest BCUT2D eigenvalue weighted by atomic mass is 19.2. The van der Waals surface area contributed by atoms with E-state index in [0.717, 1.165) is 25.7 Å². The molecule has 2 saturated carbocycles. The number of fused-ring (bicyclic) bond motifs is 1. The predicted octanol–water partition coefficient (Wildman–Crippen LogP) is 7.01. The van der Waals surface area contributed by atoms with E-state index in [2.05, 4.69) is 12.2 Å². The zero-order valence-corrected chi connectivity index (χ0v) is 16.5. The number of allylic oxidation sites excluding steroid dienone is 2. The highest BCUT2D eigenvalue weighted by Gasteiger charge is 2.45. The summed E-state index contributed by atoms with van der Waals surface area (Å²) in [6, 6.07) is 5.33. The van der Waals surface area contributed by atoms with Crippen molar-refractivity contribution in [2.24, 2.45) is 17.8 Å². The molecule has 4 rings (SSSR count). The Kier molecular flexibility index (Phi) is 5.41. The van der Waals surface area contributed by atoms with Gasteiger partial charge in [-0.05, 0) is 74.0 Å². The maximum absolute atomic E-state index is 15.0. The molecule has 2 aromatic rings. The van der Waals surface area contributed by atoms with Crippen molar-refractivity contribution in [2.75, 3.05) is 7.11 Å². The third kappa shape index (κ3) is 3.24. The lowest BCUT2D eigenvalue weighted by molar-refractivity contribution is 0.372. The predicted molar refractivity (Wildman–Crippen MR) is 105 cm³/mol. The molecule has 2 aliphatic rings. The van der Waals surface area contributed by atoms with E-state index < -0.39 is 23.3 Å². The summed E-state index contributed by atoms with van der Waals surface area (Å²) in [5.74, 6) is -3.49. The Morgan fingerprint density at radius 2 is 1.45 bits per heavy atom. The zero-order chi connectivity index (χ0) is 20.7. The van der Waals surface area contributed by atoms with Crippen molar-refractivity contribution >= 4 is 0 Å². The lowest BCUT2D eigenvalue weighted by atomic mass is 9.84. The van der Waals surface area contributed by atoms with Crippen LogP contribution in [0.3, 0.4) is 0 Å². The maximum Gasteiger partial charge on any atom is 0.201 e. The fraction of sp³-hybridized carbons (Fsp3) is 0.417. The Morgan fingerprint density at radius 1 is 0.793 bits per heavy atom. The van der Waals surface area contributed by atoms with Crippen molar-refractivity contribution in [3.8, 4) is 16.9 Å². The highest BCUT2D eigenvalue weighted by molar-refractivity contribution is 5.66. The molecule has 2 fully saturated rings. The van der Waals surface area contributed by atoms with Crippen LogP contribution in [0.5, 0.6) is 5.75 Å². The van der Waals surface area contributed by atoms with E-state index in [1.165, 1.54) is 25.3 Å². The first-order valence-electron chi connectivity index (χ1n) is 10.1. The van der Waals surface area contributed by atoms with Crippen molar-refractivity contribution in [3.05, 3.63) is 65.2 Å². The van der Waals surface area contributed by atoms with Crippen LogP contribution in [-0.2, 0) is 0 Å². The molecule has 0 spiro atoms. The minimum atomic E-state index is -1.25. The smallest absolute Gasteiger partial charge is 0.201 e. The standard InChI is InChI=1S/C24H24F4O/c1-3-4-13-5-6-15-14(13)7-8-16(15)17-9-10-18(22(26)21(17)25)19-11-12-20(29-2)24(28)23(19)27/h3-4,9-16H,5-8H2,1-2H3. The van der Waals surface area contributed by atoms with Crippen molar-refractivity contribution in [1.82, 2.24) is 0 Å². The number of hydrogen-bond acceptors (Lipinski definition) is 1. The summed E-state index contributed by atoms with van der Waals surface area (Å²) in [4.78, 5) is 0. The van der Waals surface area contributed by atoms with Gasteiger partial charge < -0.3 is 4.74 Å². The molecule has 4 unspecified atom stereocenters. The van der Waals surface area contributed by atoms with Crippen LogP contribution in [0.25, 0.3) is 11.1 Å². The molecule has 0 aliphatic heterocycles. The van der Waals surface area contributed by atoms with Crippen molar-refractivity contribution < 1.29 is 22.3 Å². The van der Waals surface area contributed by atoms with Gasteiger partial charge in [-0.2, -0.15) is 4.39 Å². The van der Waals surface area contributed by atoms with E-state index in [4.69, 9.17) is 4.74 Å². The van der Waals surface area contributed by atoms with Gasteiger partial charge >= 0.3 is 0 Å². The molecular formula is C24H24F4O. The Morgan fingerprint density at radius 3 is 2.14 bits per heavy atom. The molecule has 154 valence electrons. The number of benzene rings is 2. The van der Waals surface area contributed by atoms with Gasteiger partial charge in [0.25, 0.3) is 0 Å². The topological polar surface area (TPSA) is 9.23 Å². The molecule has 2 aromatic carbocycles. The van der Waals surface area contributed by atoms with Crippen LogP contribution in [-0.4, -0.2) is 7.11 Å². The summed E-state index contributed by atoms with van der Waals surface area (Å²) >= 11 is 0. The van der Waals surface area contributed by atoms with E-state index in [9.17, 15) is 13.2 Å². The van der Waals surface area contributed by atoms with Gasteiger partial charge in [0.15, 0.2) is 23.2 Å². The average Bonchev–Trinajstić information content (AvgIpc) is 3.30. The van der Waals surface area contributed by atoms with Crippen LogP contribution >= 0.6 is 0 Å². The lowest BCUT2D eigenvalue weighted by Crippen LogP contribution is -2.13. The molecule has 4 atom stereocenters. The fourth-order valence-electron chi connectivity index (χ4n) is 5.47. The summed E-state index contributed by atoms with van der Waals surface area (Å²) in [6.45, 7) is 2.01. The molecule has 0 radical (unpaired) electrons. The van der Waals surface area contributed by atoms with E-state index in [1.807, 2.05) is 6.92 Å². The van der Waals surface area contributed by atoms with Gasteiger partial charge in [0.1, 0.15) is 0 Å². The Bertz CT molecular complexity index is 952. The third-order valence-corrected chi connectivity index (χ3v) is 6.77. The summed E-state index contributed by atoms with van der Waals surface area (Å²) in [5, 5.41) is 0. The summed E-state index contributed by atoms with van der Waals surface area (Å²) < 4.78 is 63.1. The first kappa shape index (κ1) is 20.0. The van der Waals surface area contributed by atoms with Gasteiger partial charge in [0.05, 0.1) is 7.11 Å². The molecule has 0 N–H and O–H groups in total. The summed E-state index contributed by atoms with van der Waals surface area (Å²) in [6.07, 6.45) is 8.21. The van der Waals surface area contributed by atoms with Gasteiger partial charge in [-0.1, -0.05) is 24.3 Å². The monoisotopic (exact) mass is 404 g/mol. The second-order valence-electron chi connectivity index (χ2n) is 8.05. The minimum Gasteiger partial charge on any atom is -0.494 e. The van der Waals surface area contributed by atoms with Crippen molar-refractivity contribution in [2.45, 2.75) is 38.5 Å². The Hall–Kier alpha value is -2.30. The van der Waals surface area contributed by atoms with Crippen LogP contribution < -0.4 is 4.74 Å². The van der Waals surface area contributed by atoms with Crippen LogP contribution in [0.2, 0.25) is 0 Å². The van der Waals surface area contributed by atoms with E-state index in [1.54, 1.807) is 6.07 Å². The molecule has 0 amide bonds. The third-order valence-electron chi connectivity index (χ3n) is 6.77. The Balaban J connectivity index is 1.68. The number of hydrogen-bond donors (Lipinski definition) is 0. The van der Waals surface area contributed by atoms with E-state index >= 15 is 4.39 Å². The molecule has 0 bridgehead atoms. The van der Waals surface area contributed by atoms with E-state index in [-0.39, 0.29) is 22.8 Å². The van der Waals surface area contributed by atoms with Crippen molar-refractivity contribution in [3.63, 3.8) is 0 Å². The SMILES string of the molecule is CC=CC1CCC2C(c3ccc(-c4ccc(OC)c(F)c4F)c(F)c3F)CCC12. The van der Waals surface area contributed by atoms with Gasteiger partial charge in [0.2, 0.25) is 5.82 Å². The lowest BCUT2D eigenvalue weighted by Gasteiger charge is -2.21. The number of methoxy groups -OCH3 is 1. The molecule has 2 aliphatic carbocycles. The first-order chi connectivity index (χ1) is 14.0. The molecule has 0 aromatic heterocycles. The Labute approximate surface area is 168 Å². The van der Waals surface area contributed by atoms with E-state index in [0.29, 0.717) is 23.3 Å². The maximum atomic E-state index is 15.0. The molecular weight excluding hydrogens is 380 g/mol. The van der Waals surface area contributed by atoms with Gasteiger partial charge in [-0.25, -0.2) is 13.2 Å². The second kappa shape index (κ2) is 7.85.